The number of benzene rings is 3. The van der Waals surface area contributed by atoms with E-state index < -0.39 is 10.0 Å². The van der Waals surface area contributed by atoms with Gasteiger partial charge in [0.05, 0.1) is 18.9 Å². The molecule has 0 aliphatic carbocycles. The van der Waals surface area contributed by atoms with Crippen molar-refractivity contribution < 1.29 is 22.6 Å². The van der Waals surface area contributed by atoms with E-state index in [9.17, 15) is 8.42 Å². The van der Waals surface area contributed by atoms with Gasteiger partial charge < -0.3 is 19.1 Å². The van der Waals surface area contributed by atoms with Gasteiger partial charge in [0, 0.05) is 49.9 Å². The van der Waals surface area contributed by atoms with Crippen LogP contribution in [0.15, 0.2) is 71.6 Å². The molecule has 5 rings (SSSR count). The van der Waals surface area contributed by atoms with Gasteiger partial charge in [-0.3, -0.25) is 9.62 Å². The highest BCUT2D eigenvalue weighted by atomic mass is 32.2. The molecule has 0 saturated carbocycles. The van der Waals surface area contributed by atoms with E-state index in [4.69, 9.17) is 14.2 Å². The molecule has 0 radical (unpaired) electrons. The Balaban J connectivity index is 1.11. The molecular weight excluding hydrogens is 524 g/mol. The van der Waals surface area contributed by atoms with Crippen molar-refractivity contribution in [2.24, 2.45) is 0 Å². The van der Waals surface area contributed by atoms with Crippen LogP contribution in [0.3, 0.4) is 0 Å². The van der Waals surface area contributed by atoms with Gasteiger partial charge in [0.15, 0.2) is 0 Å². The summed E-state index contributed by atoms with van der Waals surface area (Å²) in [6.45, 7) is 5.12. The van der Waals surface area contributed by atoms with Gasteiger partial charge in [-0.2, -0.15) is 4.37 Å². The van der Waals surface area contributed by atoms with Crippen LogP contribution in [0.4, 0.5) is 11.5 Å². The number of nitrogens with zero attached hydrogens (tertiary/aromatic N) is 3. The summed E-state index contributed by atoms with van der Waals surface area (Å²) >= 11 is 1.55. The number of methoxy groups -OCH3 is 2. The third kappa shape index (κ3) is 5.79. The van der Waals surface area contributed by atoms with E-state index in [0.717, 1.165) is 38.5 Å². The average Bonchev–Trinajstić information content (AvgIpc) is 3.38. The van der Waals surface area contributed by atoms with Crippen molar-refractivity contribution in [3.63, 3.8) is 0 Å². The number of anilines is 2. The minimum atomic E-state index is -3.88. The molecule has 1 saturated heterocycles. The second-order valence-electron chi connectivity index (χ2n) is 8.83. The minimum Gasteiger partial charge on any atom is -0.497 e. The maximum atomic E-state index is 13.0. The zero-order chi connectivity index (χ0) is 26.5. The van der Waals surface area contributed by atoms with E-state index in [-0.39, 0.29) is 10.6 Å². The Morgan fingerprint density at radius 1 is 0.921 bits per heavy atom. The number of nitrogens with one attached hydrogen (secondary N) is 1. The summed E-state index contributed by atoms with van der Waals surface area (Å²) in [7, 11) is -0.970. The fraction of sp³-hybridized carbons (Fsp3) is 0.296. The molecule has 11 heteroatoms. The molecule has 38 heavy (non-hydrogen) atoms. The smallest absolute Gasteiger partial charge is 0.265 e. The quantitative estimate of drug-likeness (QED) is 0.310. The fourth-order valence-corrected chi connectivity index (χ4v) is 6.44. The van der Waals surface area contributed by atoms with Gasteiger partial charge >= 0.3 is 0 Å². The van der Waals surface area contributed by atoms with Crippen LogP contribution in [0.5, 0.6) is 17.2 Å². The van der Waals surface area contributed by atoms with Crippen LogP contribution < -0.4 is 23.8 Å². The molecule has 1 fully saturated rings. The topological polar surface area (TPSA) is 93.2 Å². The molecule has 2 heterocycles. The summed E-state index contributed by atoms with van der Waals surface area (Å²) in [5, 5.41) is 1.22. The third-order valence-corrected chi connectivity index (χ3v) is 8.69. The Kier molecular flexibility index (Phi) is 7.87. The molecule has 200 valence electrons. The van der Waals surface area contributed by atoms with E-state index in [2.05, 4.69) is 37.1 Å². The number of ether oxygens (including phenoxy) is 3. The summed E-state index contributed by atoms with van der Waals surface area (Å²) < 4.78 is 50.7. The Hall–Kier alpha value is -3.54. The lowest BCUT2D eigenvalue weighted by Crippen LogP contribution is -2.47. The second-order valence-corrected chi connectivity index (χ2v) is 11.3. The monoisotopic (exact) mass is 554 g/mol. The lowest BCUT2D eigenvalue weighted by Gasteiger charge is -2.34. The number of sulfonamides is 1. The zero-order valence-corrected chi connectivity index (χ0v) is 22.9. The molecule has 9 nitrogen and oxygen atoms in total. The van der Waals surface area contributed by atoms with Gasteiger partial charge in [0.2, 0.25) is 0 Å². The van der Waals surface area contributed by atoms with E-state index in [1.165, 1.54) is 30.4 Å². The van der Waals surface area contributed by atoms with Crippen molar-refractivity contribution in [1.82, 2.24) is 9.27 Å². The maximum absolute atomic E-state index is 13.0. The van der Waals surface area contributed by atoms with Crippen molar-refractivity contribution in [3.05, 3.63) is 66.7 Å². The first-order valence-corrected chi connectivity index (χ1v) is 14.5. The van der Waals surface area contributed by atoms with E-state index in [1.54, 1.807) is 47.9 Å². The van der Waals surface area contributed by atoms with Gasteiger partial charge in [-0.25, -0.2) is 8.42 Å². The van der Waals surface area contributed by atoms with Crippen molar-refractivity contribution in [1.29, 1.82) is 0 Å². The van der Waals surface area contributed by atoms with Crippen LogP contribution in [0.2, 0.25) is 0 Å². The SMILES string of the molecule is COc1ccc(OC)c(S(=O)(=O)Nc2ccc(OCCN3CCN(c4nsc5ccccc45)CC3)cc2)c1. The van der Waals surface area contributed by atoms with Crippen molar-refractivity contribution in [3.8, 4) is 17.2 Å². The highest BCUT2D eigenvalue weighted by Gasteiger charge is 2.22. The lowest BCUT2D eigenvalue weighted by atomic mass is 10.2. The summed E-state index contributed by atoms with van der Waals surface area (Å²) in [5.74, 6) is 2.42. The van der Waals surface area contributed by atoms with Crippen LogP contribution in [-0.4, -0.2) is 71.2 Å². The first kappa shape index (κ1) is 26.1. The highest BCUT2D eigenvalue weighted by Crippen LogP contribution is 2.31. The molecule has 1 aromatic heterocycles. The zero-order valence-electron chi connectivity index (χ0n) is 21.3. The van der Waals surface area contributed by atoms with Gasteiger partial charge in [-0.05, 0) is 60.1 Å². The number of fused-ring (bicyclic) bond motifs is 1. The Labute approximate surface area is 226 Å². The molecule has 1 N–H and O–H groups in total. The summed E-state index contributed by atoms with van der Waals surface area (Å²) in [5.41, 5.74) is 0.424. The molecule has 0 atom stereocenters. The largest absolute Gasteiger partial charge is 0.497 e. The maximum Gasteiger partial charge on any atom is 0.265 e. The third-order valence-electron chi connectivity index (χ3n) is 6.47. The molecule has 0 unspecified atom stereocenters. The molecule has 0 bridgehead atoms. The first-order chi connectivity index (χ1) is 18.5. The number of piperazine rings is 1. The average molecular weight is 555 g/mol. The number of hydrogen-bond donors (Lipinski definition) is 1. The molecule has 0 amide bonds. The molecule has 3 aromatic carbocycles. The van der Waals surface area contributed by atoms with Crippen molar-refractivity contribution >= 4 is 43.1 Å². The standard InChI is InChI=1S/C27H30N4O5S2/c1-34-22-11-12-24(35-2)26(19-22)38(32,33)29-20-7-9-21(10-8-20)36-18-17-30-13-15-31(16-14-30)27-23-5-3-4-6-25(23)37-28-27/h3-12,19,29H,13-18H2,1-2H3. The number of hydrogen-bond acceptors (Lipinski definition) is 9. The number of aromatic nitrogens is 1. The van der Waals surface area contributed by atoms with Crippen molar-refractivity contribution in [2.75, 3.05) is 63.2 Å². The normalized spacial score (nSPS) is 14.4. The molecule has 0 spiro atoms. The second kappa shape index (κ2) is 11.5. The van der Waals surface area contributed by atoms with Crippen LogP contribution >= 0.6 is 11.5 Å². The van der Waals surface area contributed by atoms with Gasteiger partial charge in [-0.1, -0.05) is 12.1 Å². The first-order valence-electron chi connectivity index (χ1n) is 12.3. The lowest BCUT2D eigenvalue weighted by molar-refractivity contribution is 0.200. The van der Waals surface area contributed by atoms with Crippen LogP contribution in [-0.2, 0) is 10.0 Å². The molecule has 4 aromatic rings. The van der Waals surface area contributed by atoms with Gasteiger partial charge in [0.1, 0.15) is 34.6 Å². The Morgan fingerprint density at radius 2 is 1.66 bits per heavy atom. The van der Waals surface area contributed by atoms with E-state index in [0.29, 0.717) is 23.8 Å². The minimum absolute atomic E-state index is 0.00254. The van der Waals surface area contributed by atoms with E-state index in [1.807, 2.05) is 6.07 Å². The van der Waals surface area contributed by atoms with Crippen LogP contribution in [0, 0.1) is 0 Å². The van der Waals surface area contributed by atoms with Crippen molar-refractivity contribution in [2.45, 2.75) is 4.90 Å². The Bertz CT molecular complexity index is 1480. The highest BCUT2D eigenvalue weighted by molar-refractivity contribution is 7.92. The molecule has 1 aliphatic rings. The molecular formula is C27H30N4O5S2. The summed E-state index contributed by atoms with van der Waals surface area (Å²) in [6, 6.07) is 19.9. The summed E-state index contributed by atoms with van der Waals surface area (Å²) in [6.07, 6.45) is 0. The van der Waals surface area contributed by atoms with Crippen LogP contribution in [0.25, 0.3) is 10.1 Å². The van der Waals surface area contributed by atoms with Crippen LogP contribution in [0.1, 0.15) is 0 Å². The molecule has 1 aliphatic heterocycles. The Morgan fingerprint density at radius 3 is 2.39 bits per heavy atom. The predicted molar refractivity (Wildman–Crippen MR) is 151 cm³/mol. The number of rotatable bonds is 10. The fourth-order valence-electron chi connectivity index (χ4n) is 4.40. The van der Waals surface area contributed by atoms with Gasteiger partial charge in [-0.15, -0.1) is 0 Å². The van der Waals surface area contributed by atoms with E-state index >= 15 is 0 Å². The predicted octanol–water partition coefficient (Wildman–Crippen LogP) is 4.32. The van der Waals surface area contributed by atoms with Gasteiger partial charge in [0.25, 0.3) is 10.0 Å². The summed E-state index contributed by atoms with van der Waals surface area (Å²) in [4.78, 5) is 4.74.